The Labute approximate surface area is 212 Å². The lowest BCUT2D eigenvalue weighted by Gasteiger charge is -2.23. The largest absolute Gasteiger partial charge is 0.507 e. The molecule has 2 aromatic carbocycles. The number of amides is 1. The summed E-state index contributed by atoms with van der Waals surface area (Å²) in [4.78, 5) is 45.0. The Balaban J connectivity index is 1.91. The number of Topliss-reactive ketones (excluding diaryl/α,β-unsaturated/α-hetero) is 1. The molecule has 8 nitrogen and oxygen atoms in total. The predicted octanol–water partition coefficient (Wildman–Crippen LogP) is 4.83. The van der Waals surface area contributed by atoms with Gasteiger partial charge < -0.3 is 14.6 Å². The Morgan fingerprint density at radius 3 is 2.50 bits per heavy atom. The number of ether oxygens (including phenoxy) is 2. The van der Waals surface area contributed by atoms with Crippen LogP contribution in [-0.4, -0.2) is 41.5 Å². The number of esters is 1. The first kappa shape index (κ1) is 25.1. The van der Waals surface area contributed by atoms with E-state index in [1.165, 1.54) is 12.0 Å². The van der Waals surface area contributed by atoms with Crippen LogP contribution in [0.4, 0.5) is 5.13 Å². The Morgan fingerprint density at radius 2 is 1.86 bits per heavy atom. The lowest BCUT2D eigenvalue weighted by Crippen LogP contribution is -2.29. The average molecular weight is 507 g/mol. The predicted molar refractivity (Wildman–Crippen MR) is 136 cm³/mol. The van der Waals surface area contributed by atoms with E-state index in [0.29, 0.717) is 22.6 Å². The Kier molecular flexibility index (Phi) is 7.21. The zero-order valence-corrected chi connectivity index (χ0v) is 21.2. The Morgan fingerprint density at radius 1 is 1.14 bits per heavy atom. The Hall–Kier alpha value is -3.98. The lowest BCUT2D eigenvalue weighted by molar-refractivity contribution is -0.132. The maximum Gasteiger partial charge on any atom is 0.350 e. The summed E-state index contributed by atoms with van der Waals surface area (Å²) in [5.74, 6) is -2.06. The fourth-order valence-corrected chi connectivity index (χ4v) is 5.07. The first-order valence-corrected chi connectivity index (χ1v) is 12.3. The molecular weight excluding hydrogens is 480 g/mol. The molecular formula is C27H26N2O6S. The first-order valence-electron chi connectivity index (χ1n) is 11.5. The minimum Gasteiger partial charge on any atom is -0.507 e. The number of methoxy groups -OCH3 is 1. The van der Waals surface area contributed by atoms with Crippen molar-refractivity contribution in [2.75, 3.05) is 18.6 Å². The van der Waals surface area contributed by atoms with Gasteiger partial charge in [-0.25, -0.2) is 9.78 Å². The number of rotatable bonds is 7. The molecule has 1 aliphatic rings. The zero-order valence-electron chi connectivity index (χ0n) is 20.4. The molecule has 0 radical (unpaired) electrons. The smallest absolute Gasteiger partial charge is 0.350 e. The van der Waals surface area contributed by atoms with Crippen LogP contribution in [0.25, 0.3) is 5.76 Å². The fraction of sp³-hybridized carbons (Fsp3) is 0.259. The molecule has 1 aromatic heterocycles. The number of aryl methyl sites for hydroxylation is 2. The maximum atomic E-state index is 13.4. The van der Waals surface area contributed by atoms with Crippen molar-refractivity contribution in [1.82, 2.24) is 4.98 Å². The number of anilines is 1. The summed E-state index contributed by atoms with van der Waals surface area (Å²) < 4.78 is 10.4. The van der Waals surface area contributed by atoms with E-state index in [-0.39, 0.29) is 27.9 Å². The van der Waals surface area contributed by atoms with E-state index < -0.39 is 23.7 Å². The van der Waals surface area contributed by atoms with Crippen LogP contribution < -0.4 is 9.64 Å². The third kappa shape index (κ3) is 4.49. The highest BCUT2D eigenvalue weighted by Gasteiger charge is 2.48. The van der Waals surface area contributed by atoms with Crippen molar-refractivity contribution in [3.8, 4) is 5.75 Å². The quantitative estimate of drug-likeness (QED) is 0.212. The van der Waals surface area contributed by atoms with Crippen LogP contribution in [0.5, 0.6) is 5.75 Å². The number of aliphatic hydroxyl groups excluding tert-OH is 1. The number of thiazole rings is 1. The monoisotopic (exact) mass is 506 g/mol. The fourth-order valence-electron chi connectivity index (χ4n) is 4.08. The highest BCUT2D eigenvalue weighted by molar-refractivity contribution is 7.17. The molecule has 1 unspecified atom stereocenters. The van der Waals surface area contributed by atoms with Crippen molar-refractivity contribution in [2.24, 2.45) is 0 Å². The summed E-state index contributed by atoms with van der Waals surface area (Å²) in [5.41, 5.74) is 2.37. The molecule has 1 N–H and O–H groups in total. The second-order valence-electron chi connectivity index (χ2n) is 8.13. The minimum atomic E-state index is -0.942. The molecule has 1 amide bonds. The third-order valence-corrected chi connectivity index (χ3v) is 7.08. The lowest BCUT2D eigenvalue weighted by atomic mass is 9.94. The first-order chi connectivity index (χ1) is 17.3. The van der Waals surface area contributed by atoms with E-state index in [4.69, 9.17) is 9.47 Å². The third-order valence-electron chi connectivity index (χ3n) is 5.94. The summed E-state index contributed by atoms with van der Waals surface area (Å²) >= 11 is 0.975. The number of hydrogen-bond donors (Lipinski definition) is 1. The van der Waals surface area contributed by atoms with Gasteiger partial charge in [-0.1, -0.05) is 54.7 Å². The van der Waals surface area contributed by atoms with E-state index in [2.05, 4.69) is 4.98 Å². The number of carbonyl (C=O) groups is 3. The molecule has 1 aliphatic heterocycles. The SMILES string of the molecule is CCOC(=O)c1sc(N2C(=O)C(=O)C(=C(O)c3cccc(OC)c3)C2c2ccc(CC)cc2)nc1C. The Bertz CT molecular complexity index is 1360. The molecule has 4 rings (SSSR count). The van der Waals surface area contributed by atoms with Crippen LogP contribution in [-0.2, 0) is 20.7 Å². The molecule has 2 heterocycles. The highest BCUT2D eigenvalue weighted by atomic mass is 32.1. The molecule has 1 saturated heterocycles. The van der Waals surface area contributed by atoms with Gasteiger partial charge in [-0.3, -0.25) is 14.5 Å². The number of nitrogens with zero attached hydrogens (tertiary/aromatic N) is 2. The van der Waals surface area contributed by atoms with Crippen molar-refractivity contribution in [1.29, 1.82) is 0 Å². The van der Waals surface area contributed by atoms with Gasteiger partial charge in [0.25, 0.3) is 5.78 Å². The van der Waals surface area contributed by atoms with Crippen LogP contribution in [0.2, 0.25) is 0 Å². The normalized spacial score (nSPS) is 16.9. The summed E-state index contributed by atoms with van der Waals surface area (Å²) in [7, 11) is 1.50. The number of aromatic nitrogens is 1. The number of benzene rings is 2. The number of aliphatic hydroxyl groups is 1. The summed E-state index contributed by atoms with van der Waals surface area (Å²) in [6.07, 6.45) is 0.818. The van der Waals surface area contributed by atoms with Crippen LogP contribution in [0.1, 0.15) is 51.9 Å². The van der Waals surface area contributed by atoms with Crippen LogP contribution in [0.15, 0.2) is 54.1 Å². The van der Waals surface area contributed by atoms with Crippen LogP contribution in [0, 0.1) is 6.92 Å². The van der Waals surface area contributed by atoms with Gasteiger partial charge in [0.1, 0.15) is 16.4 Å². The van der Waals surface area contributed by atoms with E-state index in [1.807, 2.05) is 31.2 Å². The van der Waals surface area contributed by atoms with Crippen molar-refractivity contribution in [3.63, 3.8) is 0 Å². The van der Waals surface area contributed by atoms with Gasteiger partial charge >= 0.3 is 11.9 Å². The van der Waals surface area contributed by atoms with Crippen LogP contribution >= 0.6 is 11.3 Å². The molecule has 0 bridgehead atoms. The molecule has 0 saturated carbocycles. The second-order valence-corrected chi connectivity index (χ2v) is 9.11. The molecule has 0 spiro atoms. The number of carbonyl (C=O) groups excluding carboxylic acids is 3. The van der Waals surface area contributed by atoms with Gasteiger partial charge in [0.05, 0.1) is 31.0 Å². The minimum absolute atomic E-state index is 0.0666. The van der Waals surface area contributed by atoms with Crippen LogP contribution in [0.3, 0.4) is 0 Å². The highest BCUT2D eigenvalue weighted by Crippen LogP contribution is 2.44. The number of ketones is 1. The summed E-state index contributed by atoms with van der Waals surface area (Å²) in [6.45, 7) is 5.57. The van der Waals surface area contributed by atoms with E-state index >= 15 is 0 Å². The van der Waals surface area contributed by atoms with E-state index in [1.54, 1.807) is 38.1 Å². The van der Waals surface area contributed by atoms with Gasteiger partial charge in [-0.05, 0) is 43.5 Å². The average Bonchev–Trinajstić information content (AvgIpc) is 3.40. The standard InChI is InChI=1S/C27H26N2O6S/c1-5-16-10-12-17(13-11-16)21-20(22(30)18-8-7-9-19(14-18)34-4)23(31)25(32)29(21)27-28-15(3)24(36-27)26(33)35-6-2/h7-14,21,30H,5-6H2,1-4H3. The van der Waals surface area contributed by atoms with E-state index in [9.17, 15) is 19.5 Å². The van der Waals surface area contributed by atoms with Crippen molar-refractivity contribution in [3.05, 3.63) is 81.4 Å². The summed E-state index contributed by atoms with van der Waals surface area (Å²) in [5, 5.41) is 11.4. The van der Waals surface area contributed by atoms with Crippen molar-refractivity contribution in [2.45, 2.75) is 33.2 Å². The molecule has 3 aromatic rings. The molecule has 36 heavy (non-hydrogen) atoms. The molecule has 0 aliphatic carbocycles. The molecule has 1 fully saturated rings. The van der Waals surface area contributed by atoms with E-state index in [0.717, 1.165) is 23.3 Å². The van der Waals surface area contributed by atoms with Gasteiger partial charge in [-0.2, -0.15) is 0 Å². The van der Waals surface area contributed by atoms with Gasteiger partial charge in [0.2, 0.25) is 0 Å². The maximum absolute atomic E-state index is 13.4. The number of hydrogen-bond acceptors (Lipinski definition) is 8. The molecule has 1 atom stereocenters. The van der Waals surface area contributed by atoms with Gasteiger partial charge in [0, 0.05) is 5.56 Å². The molecule has 186 valence electrons. The molecule has 9 heteroatoms. The summed E-state index contributed by atoms with van der Waals surface area (Å²) in [6, 6.07) is 13.2. The zero-order chi connectivity index (χ0) is 26.0. The van der Waals surface area contributed by atoms with Gasteiger partial charge in [0.15, 0.2) is 5.13 Å². The van der Waals surface area contributed by atoms with Gasteiger partial charge in [-0.15, -0.1) is 0 Å². The van der Waals surface area contributed by atoms with Crippen molar-refractivity contribution >= 4 is 39.9 Å². The topological polar surface area (TPSA) is 106 Å². The second kappa shape index (κ2) is 10.3. The van der Waals surface area contributed by atoms with Crippen molar-refractivity contribution < 1.29 is 29.0 Å².